The molecule has 0 atom stereocenters. The number of pyridine rings is 1. The largest absolute Gasteiger partial charge is 0.478 e. The van der Waals surface area contributed by atoms with Crippen molar-refractivity contribution < 1.29 is 20.1 Å². The van der Waals surface area contributed by atoms with Crippen LogP contribution in [-0.2, 0) is 0 Å². The molecule has 7 heteroatoms. The van der Waals surface area contributed by atoms with Crippen LogP contribution in [0.5, 0.6) is 0 Å². The van der Waals surface area contributed by atoms with Crippen molar-refractivity contribution in [1.82, 2.24) is 4.98 Å². The van der Waals surface area contributed by atoms with Crippen LogP contribution in [0.4, 0.5) is 5.82 Å². The first-order valence-corrected chi connectivity index (χ1v) is 5.74. The third-order valence-electron chi connectivity index (χ3n) is 2.76. The van der Waals surface area contributed by atoms with Crippen molar-refractivity contribution in [2.75, 3.05) is 18.5 Å². The molecule has 1 aromatic heterocycles. The predicted octanol–water partition coefficient (Wildman–Crippen LogP) is 0.978. The summed E-state index contributed by atoms with van der Waals surface area (Å²) in [6.45, 7) is 1.19. The number of halogens is 1. The summed E-state index contributed by atoms with van der Waals surface area (Å²) >= 11 is 5.69. The number of aromatic nitrogens is 1. The second-order valence-electron chi connectivity index (χ2n) is 3.93. The number of aliphatic hydroxyl groups excluding tert-OH is 2. The monoisotopic (exact) mass is 274 g/mol. The SMILES string of the molecule is CCC(CO)(CO)Nc1cc(C(=O)O)c(Cl)cn1. The van der Waals surface area contributed by atoms with Crippen LogP contribution in [-0.4, -0.2) is 45.0 Å². The molecule has 1 aromatic rings. The predicted molar refractivity (Wildman–Crippen MR) is 67.0 cm³/mol. The van der Waals surface area contributed by atoms with Crippen LogP contribution < -0.4 is 5.32 Å². The van der Waals surface area contributed by atoms with Gasteiger partial charge in [0, 0.05) is 6.20 Å². The maximum atomic E-state index is 10.9. The molecule has 0 fully saturated rings. The molecule has 0 aliphatic heterocycles. The van der Waals surface area contributed by atoms with E-state index in [0.717, 1.165) is 0 Å². The minimum atomic E-state index is -1.17. The molecular formula is C11H15ClN2O4. The van der Waals surface area contributed by atoms with Crippen LogP contribution in [0, 0.1) is 0 Å². The highest BCUT2D eigenvalue weighted by atomic mass is 35.5. The summed E-state index contributed by atoms with van der Waals surface area (Å²) in [5.74, 6) is -0.928. The summed E-state index contributed by atoms with van der Waals surface area (Å²) < 4.78 is 0. The molecule has 0 aromatic carbocycles. The number of hydrogen-bond acceptors (Lipinski definition) is 5. The third kappa shape index (κ3) is 3.10. The summed E-state index contributed by atoms with van der Waals surface area (Å²) in [7, 11) is 0. The molecule has 1 rings (SSSR count). The first kappa shape index (κ1) is 14.7. The van der Waals surface area contributed by atoms with Crippen LogP contribution >= 0.6 is 11.6 Å². The van der Waals surface area contributed by atoms with Crippen molar-refractivity contribution in [3.05, 3.63) is 22.8 Å². The van der Waals surface area contributed by atoms with E-state index in [9.17, 15) is 15.0 Å². The lowest BCUT2D eigenvalue weighted by Crippen LogP contribution is -2.45. The zero-order valence-corrected chi connectivity index (χ0v) is 10.6. The maximum Gasteiger partial charge on any atom is 0.337 e. The van der Waals surface area contributed by atoms with E-state index in [1.54, 1.807) is 6.92 Å². The molecule has 18 heavy (non-hydrogen) atoms. The number of aromatic carboxylic acids is 1. The molecule has 0 aliphatic carbocycles. The van der Waals surface area contributed by atoms with Gasteiger partial charge in [0.1, 0.15) is 5.82 Å². The molecule has 0 bridgehead atoms. The average molecular weight is 275 g/mol. The van der Waals surface area contributed by atoms with Crippen LogP contribution in [0.2, 0.25) is 5.02 Å². The molecule has 4 N–H and O–H groups in total. The van der Waals surface area contributed by atoms with E-state index in [4.69, 9.17) is 16.7 Å². The van der Waals surface area contributed by atoms with E-state index in [0.29, 0.717) is 6.42 Å². The Hall–Kier alpha value is -1.37. The molecule has 6 nitrogen and oxygen atoms in total. The highest BCUT2D eigenvalue weighted by Crippen LogP contribution is 2.21. The minimum Gasteiger partial charge on any atom is -0.478 e. The number of nitrogens with zero attached hydrogens (tertiary/aromatic N) is 1. The summed E-state index contributed by atoms with van der Waals surface area (Å²) in [6, 6.07) is 1.26. The van der Waals surface area contributed by atoms with Crippen molar-refractivity contribution in [3.63, 3.8) is 0 Å². The second-order valence-corrected chi connectivity index (χ2v) is 4.34. The Labute approximate surface area is 109 Å². The highest BCUT2D eigenvalue weighted by molar-refractivity contribution is 6.33. The molecule has 0 unspecified atom stereocenters. The molecule has 0 amide bonds. The van der Waals surface area contributed by atoms with E-state index in [1.807, 2.05) is 0 Å². The van der Waals surface area contributed by atoms with Gasteiger partial charge in [-0.25, -0.2) is 9.78 Å². The van der Waals surface area contributed by atoms with Crippen molar-refractivity contribution in [2.45, 2.75) is 18.9 Å². The van der Waals surface area contributed by atoms with Gasteiger partial charge in [-0.3, -0.25) is 0 Å². The van der Waals surface area contributed by atoms with Crippen LogP contribution in [0.3, 0.4) is 0 Å². The fourth-order valence-electron chi connectivity index (χ4n) is 1.38. The molecule has 100 valence electrons. The number of anilines is 1. The van der Waals surface area contributed by atoms with Gasteiger partial charge < -0.3 is 20.6 Å². The molecule has 0 radical (unpaired) electrons. The first-order valence-electron chi connectivity index (χ1n) is 5.36. The van der Waals surface area contributed by atoms with Crippen LogP contribution in [0.25, 0.3) is 0 Å². The van der Waals surface area contributed by atoms with Gasteiger partial charge in [-0.1, -0.05) is 18.5 Å². The minimum absolute atomic E-state index is 0.0307. The lowest BCUT2D eigenvalue weighted by atomic mass is 9.98. The number of carbonyl (C=O) groups is 1. The molecule has 0 saturated carbocycles. The Morgan fingerprint density at radius 3 is 2.56 bits per heavy atom. The molecule has 0 aliphatic rings. The third-order valence-corrected chi connectivity index (χ3v) is 3.06. The number of rotatable bonds is 6. The first-order chi connectivity index (χ1) is 8.48. The van der Waals surface area contributed by atoms with Crippen molar-refractivity contribution in [3.8, 4) is 0 Å². The lowest BCUT2D eigenvalue weighted by molar-refractivity contribution is 0.0697. The molecule has 1 heterocycles. The van der Waals surface area contributed by atoms with E-state index < -0.39 is 11.5 Å². The molecule has 0 saturated heterocycles. The van der Waals surface area contributed by atoms with Crippen LogP contribution in [0.15, 0.2) is 12.3 Å². The van der Waals surface area contributed by atoms with E-state index in [2.05, 4.69) is 10.3 Å². The number of carboxylic acid groups (broad SMARTS) is 1. The zero-order valence-electron chi connectivity index (χ0n) is 9.85. The standard InChI is InChI=1S/C11H15ClN2O4/c1-2-11(5-15,6-16)14-9-3-7(10(17)18)8(12)4-13-9/h3-4,15-16H,2,5-6H2,1H3,(H,13,14)(H,17,18). The summed E-state index contributed by atoms with van der Waals surface area (Å²) in [5.41, 5.74) is -1.02. The van der Waals surface area contributed by atoms with Gasteiger partial charge in [0.2, 0.25) is 0 Å². The lowest BCUT2D eigenvalue weighted by Gasteiger charge is -2.30. The van der Waals surface area contributed by atoms with Crippen molar-refractivity contribution in [2.24, 2.45) is 0 Å². The van der Waals surface area contributed by atoms with Gasteiger partial charge >= 0.3 is 5.97 Å². The fraction of sp³-hybridized carbons (Fsp3) is 0.455. The smallest absolute Gasteiger partial charge is 0.337 e. The number of aliphatic hydroxyl groups is 2. The van der Waals surface area contributed by atoms with Gasteiger partial charge in [0.25, 0.3) is 0 Å². The molecule has 0 spiro atoms. The van der Waals surface area contributed by atoms with Gasteiger partial charge in [-0.15, -0.1) is 0 Å². The fourth-order valence-corrected chi connectivity index (χ4v) is 1.57. The maximum absolute atomic E-state index is 10.9. The summed E-state index contributed by atoms with van der Waals surface area (Å²) in [6.07, 6.45) is 1.66. The summed E-state index contributed by atoms with van der Waals surface area (Å²) in [5, 5.41) is 30.3. The second kappa shape index (κ2) is 5.99. The Morgan fingerprint density at radius 2 is 2.11 bits per heavy atom. The topological polar surface area (TPSA) is 103 Å². The quantitative estimate of drug-likeness (QED) is 0.617. The van der Waals surface area contributed by atoms with E-state index in [1.165, 1.54) is 12.3 Å². The average Bonchev–Trinajstić information content (AvgIpc) is 2.38. The summed E-state index contributed by atoms with van der Waals surface area (Å²) in [4.78, 5) is 14.8. The van der Waals surface area contributed by atoms with Crippen molar-refractivity contribution in [1.29, 1.82) is 0 Å². The van der Waals surface area contributed by atoms with Crippen molar-refractivity contribution >= 4 is 23.4 Å². The Balaban J connectivity index is 3.04. The van der Waals surface area contributed by atoms with E-state index >= 15 is 0 Å². The van der Waals surface area contributed by atoms with Gasteiger partial charge in [0.15, 0.2) is 0 Å². The van der Waals surface area contributed by atoms with Gasteiger partial charge in [-0.05, 0) is 12.5 Å². The Kier molecular flexibility index (Phi) is 4.89. The Morgan fingerprint density at radius 1 is 1.50 bits per heavy atom. The number of carboxylic acids is 1. The molecular weight excluding hydrogens is 260 g/mol. The normalized spacial score (nSPS) is 11.3. The number of hydrogen-bond donors (Lipinski definition) is 4. The van der Waals surface area contributed by atoms with Gasteiger partial charge in [-0.2, -0.15) is 0 Å². The van der Waals surface area contributed by atoms with E-state index in [-0.39, 0.29) is 29.6 Å². The highest BCUT2D eigenvalue weighted by Gasteiger charge is 2.27. The Bertz CT molecular complexity index is 427. The van der Waals surface area contributed by atoms with Gasteiger partial charge in [0.05, 0.1) is 29.3 Å². The number of nitrogens with one attached hydrogen (secondary N) is 1. The zero-order chi connectivity index (χ0) is 13.8. The van der Waals surface area contributed by atoms with Crippen LogP contribution in [0.1, 0.15) is 23.7 Å².